The van der Waals surface area contributed by atoms with Crippen LogP contribution in [0.3, 0.4) is 0 Å². The summed E-state index contributed by atoms with van der Waals surface area (Å²) in [5.74, 6) is 0. The molecule has 0 amide bonds. The lowest BCUT2D eigenvalue weighted by Crippen LogP contribution is -2.33. The van der Waals surface area contributed by atoms with E-state index in [4.69, 9.17) is 4.74 Å². The van der Waals surface area contributed by atoms with E-state index >= 15 is 0 Å². The van der Waals surface area contributed by atoms with E-state index in [-0.39, 0.29) is 12.1 Å². The Hall–Kier alpha value is -1.39. The maximum atomic E-state index is 9.97. The predicted molar refractivity (Wildman–Crippen MR) is 60.2 cm³/mol. The van der Waals surface area contributed by atoms with Crippen molar-refractivity contribution in [2.24, 2.45) is 0 Å². The van der Waals surface area contributed by atoms with Gasteiger partial charge < -0.3 is 14.4 Å². The Morgan fingerprint density at radius 3 is 3.12 bits per heavy atom. The molecule has 16 heavy (non-hydrogen) atoms. The Morgan fingerprint density at radius 1 is 1.38 bits per heavy atom. The number of aliphatic hydroxyl groups excluding tert-OH is 1. The van der Waals surface area contributed by atoms with Gasteiger partial charge in [0.05, 0.1) is 36.1 Å². The minimum absolute atomic E-state index is 0.0128. The van der Waals surface area contributed by atoms with Crippen molar-refractivity contribution in [3.05, 3.63) is 30.6 Å². The average molecular weight is 218 g/mol. The number of imidazole rings is 1. The fourth-order valence-electron chi connectivity index (χ4n) is 2.22. The van der Waals surface area contributed by atoms with E-state index in [1.807, 2.05) is 28.8 Å². The second kappa shape index (κ2) is 3.88. The van der Waals surface area contributed by atoms with Crippen LogP contribution in [0.5, 0.6) is 0 Å². The van der Waals surface area contributed by atoms with Gasteiger partial charge >= 0.3 is 0 Å². The summed E-state index contributed by atoms with van der Waals surface area (Å²) in [7, 11) is 0. The van der Waals surface area contributed by atoms with Crippen LogP contribution < -0.4 is 0 Å². The Bertz CT molecular complexity index is 494. The second-order valence-corrected chi connectivity index (χ2v) is 4.14. The number of para-hydroxylation sites is 2. The summed E-state index contributed by atoms with van der Waals surface area (Å²) in [6.07, 6.45) is 2.14. The third-order valence-electron chi connectivity index (χ3n) is 3.13. The largest absolute Gasteiger partial charge is 0.391 e. The van der Waals surface area contributed by atoms with Gasteiger partial charge in [0.15, 0.2) is 0 Å². The molecule has 3 rings (SSSR count). The number of hydrogen-bond donors (Lipinski definition) is 1. The van der Waals surface area contributed by atoms with Crippen molar-refractivity contribution in [1.82, 2.24) is 9.55 Å². The number of ether oxygens (including phenoxy) is 1. The Labute approximate surface area is 93.5 Å². The molecule has 4 nitrogen and oxygen atoms in total. The highest BCUT2D eigenvalue weighted by Crippen LogP contribution is 2.24. The van der Waals surface area contributed by atoms with Crippen molar-refractivity contribution in [3.8, 4) is 0 Å². The highest BCUT2D eigenvalue weighted by atomic mass is 16.5. The van der Waals surface area contributed by atoms with Gasteiger partial charge in [-0.2, -0.15) is 0 Å². The van der Waals surface area contributed by atoms with Crippen LogP contribution in [0.25, 0.3) is 11.0 Å². The van der Waals surface area contributed by atoms with Gasteiger partial charge in [0, 0.05) is 6.61 Å². The zero-order valence-corrected chi connectivity index (χ0v) is 8.91. The molecule has 2 heterocycles. The van der Waals surface area contributed by atoms with E-state index in [2.05, 4.69) is 4.98 Å². The van der Waals surface area contributed by atoms with E-state index in [0.29, 0.717) is 19.6 Å². The first-order valence-electron chi connectivity index (χ1n) is 5.53. The van der Waals surface area contributed by atoms with Crippen molar-refractivity contribution in [2.45, 2.75) is 18.6 Å². The molecule has 1 aliphatic rings. The summed E-state index contributed by atoms with van der Waals surface area (Å²) >= 11 is 0. The smallest absolute Gasteiger partial charge is 0.0962 e. The van der Waals surface area contributed by atoms with E-state index in [1.54, 1.807) is 6.33 Å². The highest BCUT2D eigenvalue weighted by Gasteiger charge is 2.26. The summed E-state index contributed by atoms with van der Waals surface area (Å²) in [6, 6.07) is 7.93. The molecule has 4 heteroatoms. The van der Waals surface area contributed by atoms with Crippen molar-refractivity contribution >= 4 is 11.0 Å². The SMILES string of the molecule is OC1CCOCC1n1cnc2ccccc21. The van der Waals surface area contributed by atoms with Crippen molar-refractivity contribution < 1.29 is 9.84 Å². The van der Waals surface area contributed by atoms with Crippen LogP contribution in [0.2, 0.25) is 0 Å². The minimum Gasteiger partial charge on any atom is -0.391 e. The number of hydrogen-bond acceptors (Lipinski definition) is 3. The highest BCUT2D eigenvalue weighted by molar-refractivity contribution is 5.75. The van der Waals surface area contributed by atoms with Crippen LogP contribution in [0.4, 0.5) is 0 Å². The van der Waals surface area contributed by atoms with Gasteiger partial charge in [0.2, 0.25) is 0 Å². The molecule has 1 saturated heterocycles. The molecule has 2 unspecified atom stereocenters. The van der Waals surface area contributed by atoms with Crippen LogP contribution in [0, 0.1) is 0 Å². The van der Waals surface area contributed by atoms with Crippen molar-refractivity contribution in [3.63, 3.8) is 0 Å². The van der Waals surface area contributed by atoms with E-state index in [0.717, 1.165) is 11.0 Å². The quantitative estimate of drug-likeness (QED) is 0.786. The van der Waals surface area contributed by atoms with Crippen LogP contribution in [0.15, 0.2) is 30.6 Å². The molecule has 0 spiro atoms. The van der Waals surface area contributed by atoms with E-state index < -0.39 is 0 Å². The van der Waals surface area contributed by atoms with Crippen molar-refractivity contribution in [2.75, 3.05) is 13.2 Å². The molecule has 1 fully saturated rings. The van der Waals surface area contributed by atoms with Gasteiger partial charge in [-0.3, -0.25) is 0 Å². The Balaban J connectivity index is 2.04. The van der Waals surface area contributed by atoms with E-state index in [9.17, 15) is 5.11 Å². The minimum atomic E-state index is -0.341. The van der Waals surface area contributed by atoms with Crippen LogP contribution in [-0.2, 0) is 4.74 Å². The zero-order chi connectivity index (χ0) is 11.0. The number of aliphatic hydroxyl groups is 1. The molecule has 2 atom stereocenters. The molecule has 84 valence electrons. The molecule has 0 saturated carbocycles. The van der Waals surface area contributed by atoms with Gasteiger partial charge in [-0.25, -0.2) is 4.98 Å². The van der Waals surface area contributed by atoms with Gasteiger partial charge in [-0.1, -0.05) is 12.1 Å². The molecular weight excluding hydrogens is 204 g/mol. The summed E-state index contributed by atoms with van der Waals surface area (Å²) in [5.41, 5.74) is 2.01. The molecule has 2 aromatic rings. The average Bonchev–Trinajstić information content (AvgIpc) is 2.74. The monoisotopic (exact) mass is 218 g/mol. The summed E-state index contributed by atoms with van der Waals surface area (Å²) in [5, 5.41) is 9.97. The maximum absolute atomic E-state index is 9.97. The lowest BCUT2D eigenvalue weighted by atomic mass is 10.1. The summed E-state index contributed by atoms with van der Waals surface area (Å²) < 4.78 is 7.43. The molecule has 1 N–H and O–H groups in total. The van der Waals surface area contributed by atoms with Crippen LogP contribution in [0.1, 0.15) is 12.5 Å². The third kappa shape index (κ3) is 1.50. The fourth-order valence-corrected chi connectivity index (χ4v) is 2.22. The number of rotatable bonds is 1. The summed E-state index contributed by atoms with van der Waals surface area (Å²) in [6.45, 7) is 1.20. The normalized spacial score (nSPS) is 26.1. The molecule has 1 aromatic carbocycles. The standard InChI is InChI=1S/C12H14N2O2/c15-12-5-6-16-7-11(12)14-8-13-9-3-1-2-4-10(9)14/h1-4,8,11-12,15H,5-7H2. The van der Waals surface area contributed by atoms with Gasteiger partial charge in [-0.15, -0.1) is 0 Å². The Morgan fingerprint density at radius 2 is 2.25 bits per heavy atom. The number of benzene rings is 1. The van der Waals surface area contributed by atoms with E-state index in [1.165, 1.54) is 0 Å². The van der Waals surface area contributed by atoms with Crippen LogP contribution >= 0.6 is 0 Å². The molecule has 0 bridgehead atoms. The number of aromatic nitrogens is 2. The predicted octanol–water partition coefficient (Wildman–Crippen LogP) is 1.36. The third-order valence-corrected chi connectivity index (χ3v) is 3.13. The molecular formula is C12H14N2O2. The molecule has 1 aliphatic heterocycles. The first kappa shape index (κ1) is 9.81. The first-order valence-corrected chi connectivity index (χ1v) is 5.53. The lowest BCUT2D eigenvalue weighted by Gasteiger charge is -2.29. The molecule has 0 aliphatic carbocycles. The first-order chi connectivity index (χ1) is 7.86. The van der Waals surface area contributed by atoms with Crippen molar-refractivity contribution in [1.29, 1.82) is 0 Å². The second-order valence-electron chi connectivity index (χ2n) is 4.14. The van der Waals surface area contributed by atoms with Gasteiger partial charge in [-0.05, 0) is 18.6 Å². The van der Waals surface area contributed by atoms with Gasteiger partial charge in [0.1, 0.15) is 0 Å². The molecule has 0 radical (unpaired) electrons. The number of fused-ring (bicyclic) bond motifs is 1. The number of nitrogens with zero attached hydrogens (tertiary/aromatic N) is 2. The fraction of sp³-hybridized carbons (Fsp3) is 0.417. The zero-order valence-electron chi connectivity index (χ0n) is 8.91. The van der Waals surface area contributed by atoms with Crippen LogP contribution in [-0.4, -0.2) is 34.0 Å². The maximum Gasteiger partial charge on any atom is 0.0962 e. The Kier molecular flexibility index (Phi) is 2.38. The molecule has 1 aromatic heterocycles. The lowest BCUT2D eigenvalue weighted by molar-refractivity contribution is -0.0277. The van der Waals surface area contributed by atoms with Gasteiger partial charge in [0.25, 0.3) is 0 Å². The summed E-state index contributed by atoms with van der Waals surface area (Å²) in [4.78, 5) is 4.32. The topological polar surface area (TPSA) is 47.3 Å².